The largest absolute Gasteiger partial charge is 0.545 e. The van der Waals surface area contributed by atoms with Crippen molar-refractivity contribution >= 4 is 17.6 Å². The van der Waals surface area contributed by atoms with Gasteiger partial charge in [-0.1, -0.05) is 0 Å². The third kappa shape index (κ3) is 3.97. The fourth-order valence-corrected chi connectivity index (χ4v) is 2.28. The van der Waals surface area contributed by atoms with Crippen LogP contribution in [-0.2, 0) is 0 Å². The minimum absolute atomic E-state index is 0.00874. The first-order valence-electron chi connectivity index (χ1n) is 7.45. The van der Waals surface area contributed by atoms with E-state index in [4.69, 9.17) is 18.9 Å². The molecule has 2 rings (SSSR count). The number of hydrogen-bond acceptors (Lipinski definition) is 7. The van der Waals surface area contributed by atoms with Crippen molar-refractivity contribution in [2.24, 2.45) is 0 Å². The second-order valence-electron chi connectivity index (χ2n) is 5.10. The molecule has 0 aromatic heterocycles. The van der Waals surface area contributed by atoms with Gasteiger partial charge >= 0.3 is 0 Å². The van der Waals surface area contributed by atoms with Crippen LogP contribution < -0.4 is 29.4 Å². The summed E-state index contributed by atoms with van der Waals surface area (Å²) in [5.74, 6) is -0.728. The van der Waals surface area contributed by atoms with Crippen LogP contribution in [0.15, 0.2) is 30.3 Å². The molecular weight excluding hydrogens is 342 g/mol. The molecule has 0 atom stereocenters. The molecule has 2 aromatic rings. The third-order valence-corrected chi connectivity index (χ3v) is 3.61. The zero-order chi connectivity index (χ0) is 19.3. The Kier molecular flexibility index (Phi) is 5.90. The lowest BCUT2D eigenvalue weighted by Crippen LogP contribution is -2.25. The van der Waals surface area contributed by atoms with Crippen LogP contribution in [0.5, 0.6) is 23.0 Å². The number of nitrogens with one attached hydrogen (secondary N) is 1. The number of ether oxygens (including phenoxy) is 4. The number of methoxy groups -OCH3 is 4. The predicted octanol–water partition coefficient (Wildman–Crippen LogP) is 1.34. The van der Waals surface area contributed by atoms with Gasteiger partial charge in [-0.25, -0.2) is 0 Å². The van der Waals surface area contributed by atoms with Gasteiger partial charge in [-0.15, -0.1) is 0 Å². The zero-order valence-corrected chi connectivity index (χ0v) is 14.7. The third-order valence-electron chi connectivity index (χ3n) is 3.61. The first-order chi connectivity index (χ1) is 12.4. The molecule has 138 valence electrons. The molecule has 26 heavy (non-hydrogen) atoms. The van der Waals surface area contributed by atoms with E-state index in [1.54, 1.807) is 6.07 Å². The standard InChI is InChI=1S/C18H19NO7/c1-23-11-5-10(6-12(7-11)24-2)17(20)19-14-9-16(26-4)15(25-3)8-13(14)18(21)22/h5-9H,1-4H3,(H,19,20)(H,21,22)/p-1. The molecule has 0 heterocycles. The number of amides is 1. The SMILES string of the molecule is COc1cc(OC)cc(C(=O)Nc2cc(OC)c(OC)cc2C(=O)[O-])c1. The highest BCUT2D eigenvalue weighted by Gasteiger charge is 2.16. The zero-order valence-electron chi connectivity index (χ0n) is 14.7. The van der Waals surface area contributed by atoms with Crippen LogP contribution >= 0.6 is 0 Å². The minimum Gasteiger partial charge on any atom is -0.545 e. The first-order valence-corrected chi connectivity index (χ1v) is 7.45. The Morgan fingerprint density at radius 3 is 1.81 bits per heavy atom. The van der Waals surface area contributed by atoms with E-state index < -0.39 is 11.9 Å². The Hall–Kier alpha value is -3.42. The Morgan fingerprint density at radius 1 is 0.808 bits per heavy atom. The molecule has 0 aliphatic heterocycles. The Bertz CT molecular complexity index is 810. The highest BCUT2D eigenvalue weighted by Crippen LogP contribution is 2.33. The van der Waals surface area contributed by atoms with Crippen molar-refractivity contribution in [1.82, 2.24) is 0 Å². The molecular formula is C18H18NO7-. The summed E-state index contributed by atoms with van der Waals surface area (Å²) in [6.45, 7) is 0. The van der Waals surface area contributed by atoms with Gasteiger partial charge in [0.2, 0.25) is 0 Å². The number of carbonyl (C=O) groups is 2. The van der Waals surface area contributed by atoms with E-state index >= 15 is 0 Å². The number of aromatic carboxylic acids is 1. The smallest absolute Gasteiger partial charge is 0.255 e. The van der Waals surface area contributed by atoms with Crippen LogP contribution in [0.2, 0.25) is 0 Å². The number of rotatable bonds is 7. The van der Waals surface area contributed by atoms with Crippen LogP contribution in [-0.4, -0.2) is 40.3 Å². The quantitative estimate of drug-likeness (QED) is 0.794. The Morgan fingerprint density at radius 2 is 1.35 bits per heavy atom. The Balaban J connectivity index is 2.44. The summed E-state index contributed by atoms with van der Waals surface area (Å²) in [6.07, 6.45) is 0. The van der Waals surface area contributed by atoms with E-state index in [1.807, 2.05) is 0 Å². The highest BCUT2D eigenvalue weighted by atomic mass is 16.5. The van der Waals surface area contributed by atoms with Gasteiger partial charge in [0.1, 0.15) is 11.5 Å². The molecule has 0 bridgehead atoms. The first kappa shape index (κ1) is 18.9. The lowest BCUT2D eigenvalue weighted by atomic mass is 10.1. The van der Waals surface area contributed by atoms with Crippen LogP contribution in [0.1, 0.15) is 20.7 Å². The summed E-state index contributed by atoms with van der Waals surface area (Å²) in [5.41, 5.74) is -0.0134. The molecule has 8 heteroatoms. The minimum atomic E-state index is -1.47. The fourth-order valence-electron chi connectivity index (χ4n) is 2.28. The van der Waals surface area contributed by atoms with Crippen molar-refractivity contribution in [3.8, 4) is 23.0 Å². The molecule has 0 unspecified atom stereocenters. The van der Waals surface area contributed by atoms with Gasteiger partial charge < -0.3 is 34.2 Å². The van der Waals surface area contributed by atoms with Crippen molar-refractivity contribution in [2.75, 3.05) is 33.8 Å². The number of carboxylic acid groups (broad SMARTS) is 1. The van der Waals surface area contributed by atoms with Gasteiger partial charge in [0.05, 0.1) is 40.1 Å². The van der Waals surface area contributed by atoms with Crippen LogP contribution in [0.3, 0.4) is 0 Å². The van der Waals surface area contributed by atoms with Crippen LogP contribution in [0, 0.1) is 0 Å². The molecule has 0 aliphatic carbocycles. The van der Waals surface area contributed by atoms with Gasteiger partial charge in [-0.3, -0.25) is 4.79 Å². The van der Waals surface area contributed by atoms with Gasteiger partial charge in [0, 0.05) is 23.3 Å². The fraction of sp³-hybridized carbons (Fsp3) is 0.222. The second kappa shape index (κ2) is 8.11. The molecule has 2 aromatic carbocycles. The number of carbonyl (C=O) groups excluding carboxylic acids is 2. The Labute approximate surface area is 150 Å². The molecule has 0 radical (unpaired) electrons. The average Bonchev–Trinajstić information content (AvgIpc) is 2.66. The maximum atomic E-state index is 12.6. The molecule has 0 saturated carbocycles. The topological polar surface area (TPSA) is 106 Å². The molecule has 0 aliphatic rings. The van der Waals surface area contributed by atoms with Crippen molar-refractivity contribution in [3.63, 3.8) is 0 Å². The van der Waals surface area contributed by atoms with Crippen molar-refractivity contribution < 1.29 is 33.6 Å². The summed E-state index contributed by atoms with van der Waals surface area (Å²) >= 11 is 0. The van der Waals surface area contributed by atoms with E-state index in [0.29, 0.717) is 11.5 Å². The number of benzene rings is 2. The van der Waals surface area contributed by atoms with E-state index in [-0.39, 0.29) is 28.3 Å². The van der Waals surface area contributed by atoms with Crippen molar-refractivity contribution in [2.45, 2.75) is 0 Å². The lowest BCUT2D eigenvalue weighted by Gasteiger charge is -2.16. The van der Waals surface area contributed by atoms with E-state index in [1.165, 1.54) is 52.7 Å². The van der Waals surface area contributed by atoms with Crippen LogP contribution in [0.4, 0.5) is 5.69 Å². The molecule has 0 spiro atoms. The van der Waals surface area contributed by atoms with Crippen molar-refractivity contribution in [3.05, 3.63) is 41.5 Å². The number of hydrogen-bond donors (Lipinski definition) is 1. The molecule has 0 saturated heterocycles. The molecule has 0 fully saturated rings. The predicted molar refractivity (Wildman–Crippen MR) is 91.4 cm³/mol. The normalized spacial score (nSPS) is 10.0. The lowest BCUT2D eigenvalue weighted by molar-refractivity contribution is -0.254. The summed E-state index contributed by atoms with van der Waals surface area (Å²) in [7, 11) is 5.69. The molecule has 1 N–H and O–H groups in total. The maximum absolute atomic E-state index is 12.6. The second-order valence-corrected chi connectivity index (χ2v) is 5.10. The summed E-state index contributed by atoms with van der Waals surface area (Å²) < 4.78 is 20.5. The summed E-state index contributed by atoms with van der Waals surface area (Å²) in [6, 6.07) is 7.17. The van der Waals surface area contributed by atoms with Crippen molar-refractivity contribution in [1.29, 1.82) is 0 Å². The molecule has 1 amide bonds. The van der Waals surface area contributed by atoms with E-state index in [2.05, 4.69) is 5.32 Å². The number of carboxylic acids is 1. The van der Waals surface area contributed by atoms with Gasteiger partial charge in [0.25, 0.3) is 5.91 Å². The van der Waals surface area contributed by atoms with Gasteiger partial charge in [-0.2, -0.15) is 0 Å². The van der Waals surface area contributed by atoms with E-state index in [0.717, 1.165) is 0 Å². The summed E-state index contributed by atoms with van der Waals surface area (Å²) in [4.78, 5) is 24.0. The highest BCUT2D eigenvalue weighted by molar-refractivity contribution is 6.08. The van der Waals surface area contributed by atoms with E-state index in [9.17, 15) is 14.7 Å². The van der Waals surface area contributed by atoms with Gasteiger partial charge in [-0.05, 0) is 18.2 Å². The van der Waals surface area contributed by atoms with Gasteiger partial charge in [0.15, 0.2) is 11.5 Å². The maximum Gasteiger partial charge on any atom is 0.255 e. The average molecular weight is 360 g/mol. The number of anilines is 1. The summed E-state index contributed by atoms with van der Waals surface area (Å²) in [5, 5.41) is 13.9. The monoisotopic (exact) mass is 360 g/mol. The van der Waals surface area contributed by atoms with Crippen LogP contribution in [0.25, 0.3) is 0 Å². The molecule has 8 nitrogen and oxygen atoms in total.